The maximum Gasteiger partial charge on any atom is 0.252 e. The molecule has 3 heterocycles. The molecule has 9 aromatic carbocycles. The van der Waals surface area contributed by atoms with Crippen LogP contribution in [0.15, 0.2) is 200 Å². The number of fused-ring (bicyclic) bond motifs is 7. The van der Waals surface area contributed by atoms with E-state index in [1.807, 2.05) is 0 Å². The van der Waals surface area contributed by atoms with Gasteiger partial charge in [0, 0.05) is 56.7 Å². The molecule has 1 saturated carbocycles. The zero-order valence-electron chi connectivity index (χ0n) is 51.9. The predicted molar refractivity (Wildman–Crippen MR) is 357 cm³/mol. The molecule has 0 spiro atoms. The van der Waals surface area contributed by atoms with Crippen LogP contribution in [0.3, 0.4) is 0 Å². The van der Waals surface area contributed by atoms with Crippen molar-refractivity contribution < 1.29 is 0 Å². The van der Waals surface area contributed by atoms with Gasteiger partial charge in [-0.3, -0.25) is 0 Å². The normalized spacial score (nSPS) is 18.4. The highest BCUT2D eigenvalue weighted by Gasteiger charge is 2.58. The van der Waals surface area contributed by atoms with Gasteiger partial charge in [-0.15, -0.1) is 0 Å². The smallest absolute Gasteiger partial charge is 0.252 e. The number of hydrogen-bond acceptors (Lipinski definition) is 3. The van der Waals surface area contributed by atoms with Gasteiger partial charge in [0.15, 0.2) is 0 Å². The maximum atomic E-state index is 2.81. The summed E-state index contributed by atoms with van der Waals surface area (Å²) >= 11 is 0. The van der Waals surface area contributed by atoms with Crippen molar-refractivity contribution >= 4 is 68.6 Å². The molecule has 13 rings (SSSR count). The van der Waals surface area contributed by atoms with Crippen LogP contribution in [0.5, 0.6) is 0 Å². The van der Waals surface area contributed by atoms with E-state index in [2.05, 4.69) is 312 Å². The Balaban J connectivity index is 1.08. The van der Waals surface area contributed by atoms with E-state index >= 15 is 0 Å². The van der Waals surface area contributed by atoms with Crippen molar-refractivity contribution in [3.63, 3.8) is 0 Å². The van der Waals surface area contributed by atoms with Gasteiger partial charge >= 0.3 is 0 Å². The van der Waals surface area contributed by atoms with Crippen LogP contribution >= 0.6 is 0 Å². The third-order valence-corrected chi connectivity index (χ3v) is 19.9. The second kappa shape index (κ2) is 19.5. The van der Waals surface area contributed by atoms with Crippen LogP contribution in [0.1, 0.15) is 173 Å². The minimum Gasteiger partial charge on any atom is -0.334 e. The Bertz CT molecular complexity index is 3910. The summed E-state index contributed by atoms with van der Waals surface area (Å²) in [5.41, 5.74) is 26.8. The van der Waals surface area contributed by atoms with Gasteiger partial charge in [-0.25, -0.2) is 0 Å². The highest BCUT2D eigenvalue weighted by atomic mass is 15.3. The Morgan fingerprint density at radius 3 is 1.51 bits per heavy atom. The zero-order valence-corrected chi connectivity index (χ0v) is 51.9. The molecule has 1 aliphatic carbocycles. The quantitative estimate of drug-likeness (QED) is 0.116. The van der Waals surface area contributed by atoms with Crippen LogP contribution in [0.2, 0.25) is 0 Å². The molecule has 0 bridgehead atoms. The second-order valence-corrected chi connectivity index (χ2v) is 29.4. The van der Waals surface area contributed by atoms with Crippen LogP contribution < -0.4 is 31.1 Å². The van der Waals surface area contributed by atoms with Crippen molar-refractivity contribution in [1.82, 2.24) is 0 Å². The van der Waals surface area contributed by atoms with Gasteiger partial charge in [-0.2, -0.15) is 0 Å². The average Bonchev–Trinajstić information content (AvgIpc) is 2.78. The highest BCUT2D eigenvalue weighted by molar-refractivity contribution is 7.00. The molecule has 0 saturated heterocycles. The standard InChI is InChI=1S/C79H84BN3/c1-74(2,3)56-33-37-60(38-34-56)81-69-51-61(83-67-41-32-55(46-63(67)78(13)44-24-25-45-79(78,83)14)72(53-28-20-16-21-29-53)54-30-22-17-23-31-54)39-40-64(69)80-65-48-58(76(7,8)9)36-43-68(65)82(71-50-59(77(10,11)12)49-70(81)73(71)80)66-42-35-57(75(4,5)6)47-62(66)52-26-18-15-19-27-52/h15-23,26-43,46-51,72H,24-25,44-45H2,1-14H3. The molecule has 4 aliphatic rings. The van der Waals surface area contributed by atoms with Crippen molar-refractivity contribution in [2.45, 2.75) is 161 Å². The summed E-state index contributed by atoms with van der Waals surface area (Å²) in [4.78, 5) is 8.13. The van der Waals surface area contributed by atoms with Crippen molar-refractivity contribution in [2.75, 3.05) is 14.7 Å². The van der Waals surface area contributed by atoms with Gasteiger partial charge in [-0.05, 0) is 169 Å². The van der Waals surface area contributed by atoms with Gasteiger partial charge in [-0.1, -0.05) is 242 Å². The lowest BCUT2D eigenvalue weighted by Gasteiger charge is -2.51. The van der Waals surface area contributed by atoms with Gasteiger partial charge < -0.3 is 14.7 Å². The minimum atomic E-state index is -0.163. The molecule has 3 aliphatic heterocycles. The SMILES string of the molecule is CC(C)(C)c1ccc(N2c3cc(N4c5ccc(C(c6ccccc6)c6ccccc6)cc5C5(C)CCCCC45C)ccc3B3c4cc(C(C)(C)C)ccc4N(c4ccc(C(C)(C)C)cc4-c4ccccc4)c4cc(C(C)(C)C)cc2c43)cc1. The second-order valence-electron chi connectivity index (χ2n) is 29.4. The van der Waals surface area contributed by atoms with E-state index in [9.17, 15) is 0 Å². The first-order valence-electron chi connectivity index (χ1n) is 30.9. The lowest BCUT2D eigenvalue weighted by atomic mass is 9.33. The van der Waals surface area contributed by atoms with E-state index in [1.54, 1.807) is 0 Å². The van der Waals surface area contributed by atoms with E-state index < -0.39 is 0 Å². The van der Waals surface area contributed by atoms with E-state index in [4.69, 9.17) is 0 Å². The van der Waals surface area contributed by atoms with Crippen LogP contribution in [-0.2, 0) is 27.1 Å². The topological polar surface area (TPSA) is 9.72 Å². The molecule has 0 amide bonds. The summed E-state index contributed by atoms with van der Waals surface area (Å²) in [5.74, 6) is 0.126. The monoisotopic (exact) mass is 1090 g/mol. The first kappa shape index (κ1) is 54.7. The summed E-state index contributed by atoms with van der Waals surface area (Å²) in [5, 5.41) is 0. The fourth-order valence-corrected chi connectivity index (χ4v) is 14.9. The van der Waals surface area contributed by atoms with E-state index in [0.717, 1.165) is 12.8 Å². The summed E-state index contributed by atoms with van der Waals surface area (Å²) in [6, 6.07) is 78.0. The van der Waals surface area contributed by atoms with E-state index in [0.29, 0.717) is 0 Å². The third kappa shape index (κ3) is 8.99. The van der Waals surface area contributed by atoms with E-state index in [1.165, 1.54) is 130 Å². The zero-order chi connectivity index (χ0) is 58.2. The highest BCUT2D eigenvalue weighted by Crippen LogP contribution is 2.62. The van der Waals surface area contributed by atoms with Gasteiger partial charge in [0.1, 0.15) is 0 Å². The first-order chi connectivity index (χ1) is 39.4. The maximum absolute atomic E-state index is 2.81. The summed E-state index contributed by atoms with van der Waals surface area (Å²) in [6.45, 7) is 33.4. The van der Waals surface area contributed by atoms with Gasteiger partial charge in [0.05, 0.1) is 11.2 Å². The molecular weight excluding hydrogens is 1000 g/mol. The summed E-state index contributed by atoms with van der Waals surface area (Å²) in [6.07, 6.45) is 4.70. The molecule has 2 atom stereocenters. The lowest BCUT2D eigenvalue weighted by molar-refractivity contribution is 0.195. The fourth-order valence-electron chi connectivity index (χ4n) is 14.9. The number of nitrogens with zero attached hydrogens (tertiary/aromatic N) is 3. The lowest BCUT2D eigenvalue weighted by Crippen LogP contribution is -2.61. The molecular formula is C79H84BN3. The third-order valence-electron chi connectivity index (χ3n) is 19.9. The molecule has 1 fully saturated rings. The molecule has 4 heteroatoms. The fraction of sp³-hybridized carbons (Fsp3) is 0.316. The van der Waals surface area contributed by atoms with Gasteiger partial charge in [0.2, 0.25) is 0 Å². The Hall–Kier alpha value is -7.56. The Kier molecular flexibility index (Phi) is 12.9. The molecule has 3 nitrogen and oxygen atoms in total. The molecule has 418 valence electrons. The van der Waals surface area contributed by atoms with Crippen molar-refractivity contribution in [3.8, 4) is 11.1 Å². The number of benzene rings is 9. The largest absolute Gasteiger partial charge is 0.334 e. The number of rotatable bonds is 7. The van der Waals surface area contributed by atoms with Crippen molar-refractivity contribution in [2.24, 2.45) is 0 Å². The van der Waals surface area contributed by atoms with Crippen LogP contribution in [-0.4, -0.2) is 12.3 Å². The molecule has 83 heavy (non-hydrogen) atoms. The Labute approximate surface area is 497 Å². The first-order valence-corrected chi connectivity index (χ1v) is 30.9. The van der Waals surface area contributed by atoms with Crippen LogP contribution in [0.25, 0.3) is 11.1 Å². The average molecular weight is 1090 g/mol. The number of anilines is 8. The minimum absolute atomic E-state index is 0.00317. The van der Waals surface area contributed by atoms with Crippen molar-refractivity contribution in [1.29, 1.82) is 0 Å². The van der Waals surface area contributed by atoms with Crippen LogP contribution in [0.4, 0.5) is 45.5 Å². The van der Waals surface area contributed by atoms with Crippen LogP contribution in [0, 0.1) is 0 Å². The molecule has 0 radical (unpaired) electrons. The molecule has 0 N–H and O–H groups in total. The van der Waals surface area contributed by atoms with E-state index in [-0.39, 0.29) is 45.2 Å². The predicted octanol–water partition coefficient (Wildman–Crippen LogP) is 19.5. The Morgan fingerprint density at radius 1 is 0.386 bits per heavy atom. The molecule has 0 aromatic heterocycles. The van der Waals surface area contributed by atoms with Crippen molar-refractivity contribution in [3.05, 3.63) is 245 Å². The molecule has 2 unspecified atom stereocenters. The Morgan fingerprint density at radius 2 is 0.904 bits per heavy atom. The van der Waals surface area contributed by atoms with Gasteiger partial charge in [0.25, 0.3) is 6.71 Å². The summed E-state index contributed by atoms with van der Waals surface area (Å²) in [7, 11) is 0. The number of hydrogen-bond donors (Lipinski definition) is 0. The molecule has 9 aromatic rings. The summed E-state index contributed by atoms with van der Waals surface area (Å²) < 4.78 is 0.